The number of aliphatic hydroxyl groups is 1. The average molecular weight is 625 g/mol. The number of aliphatic hydroxyl groups excluding tert-OH is 1. The third-order valence-electron chi connectivity index (χ3n) is 9.88. The molecule has 0 aromatic heterocycles. The van der Waals surface area contributed by atoms with Crippen molar-refractivity contribution in [1.82, 2.24) is 0 Å². The van der Waals surface area contributed by atoms with Crippen LogP contribution >= 0.6 is 0 Å². The number of hydrogen-bond donors (Lipinski definition) is 1. The van der Waals surface area contributed by atoms with Gasteiger partial charge in [0.15, 0.2) is 0 Å². The lowest BCUT2D eigenvalue weighted by Gasteiger charge is -2.37. The van der Waals surface area contributed by atoms with Gasteiger partial charge in [0.05, 0.1) is 30.8 Å². The predicted octanol–water partition coefficient (Wildman–Crippen LogP) is 7.93. The highest BCUT2D eigenvalue weighted by molar-refractivity contribution is 5.88. The molecule has 2 aliphatic rings. The molecule has 7 heteroatoms. The molecular weight excluding hydrogens is 568 g/mol. The van der Waals surface area contributed by atoms with E-state index >= 15 is 0 Å². The predicted molar refractivity (Wildman–Crippen MR) is 176 cm³/mol. The summed E-state index contributed by atoms with van der Waals surface area (Å²) in [6.45, 7) is 12.5. The summed E-state index contributed by atoms with van der Waals surface area (Å²) in [6.07, 6.45) is 15.3. The van der Waals surface area contributed by atoms with Gasteiger partial charge in [0.2, 0.25) is 0 Å². The Bertz CT molecular complexity index is 1110. The number of ether oxygens (including phenoxy) is 3. The Kier molecular flexibility index (Phi) is 15.3. The molecule has 45 heavy (non-hydrogen) atoms. The van der Waals surface area contributed by atoms with E-state index in [2.05, 4.69) is 20.1 Å². The summed E-state index contributed by atoms with van der Waals surface area (Å²) in [5.41, 5.74) is 1.29. The van der Waals surface area contributed by atoms with Crippen LogP contribution in [0.15, 0.2) is 48.6 Å². The molecule has 2 aliphatic carbocycles. The summed E-state index contributed by atoms with van der Waals surface area (Å²) in [4.78, 5) is 37.0. The molecule has 0 amide bonds. The van der Waals surface area contributed by atoms with Crippen molar-refractivity contribution in [2.45, 2.75) is 117 Å². The number of carbonyl (C=O) groups is 3. The van der Waals surface area contributed by atoms with Crippen molar-refractivity contribution in [2.24, 2.45) is 29.6 Å². The summed E-state index contributed by atoms with van der Waals surface area (Å²) in [5.74, 6) is 1.50. The normalized spacial score (nSPS) is 22.9. The van der Waals surface area contributed by atoms with Crippen LogP contribution in [0.4, 0.5) is 0 Å². The summed E-state index contributed by atoms with van der Waals surface area (Å²) in [7, 11) is 0. The van der Waals surface area contributed by atoms with Crippen molar-refractivity contribution in [1.29, 1.82) is 0 Å². The van der Waals surface area contributed by atoms with Crippen molar-refractivity contribution in [3.05, 3.63) is 54.1 Å². The standard InChI is InChI=1S/C38H56O7/c1-6-7-8-9-29-12-16-32(17-13-29)33-18-20-34(21-19-33)38(42)45-35-22-14-30(15-23-35)10-11-31(24-43-36(40)26(2)3)25-44-37(41)27(4)28(5)39/h14-15,22-23,28-29,31-34,39H,2,4,6-13,16-21,24-25H2,1,3,5H3. The molecule has 1 aromatic rings. The molecule has 0 saturated heterocycles. The van der Waals surface area contributed by atoms with Crippen LogP contribution in [0.1, 0.15) is 110 Å². The molecule has 0 bridgehead atoms. The monoisotopic (exact) mass is 624 g/mol. The van der Waals surface area contributed by atoms with Crippen LogP contribution in [-0.4, -0.2) is 42.3 Å². The Balaban J connectivity index is 1.42. The van der Waals surface area contributed by atoms with Gasteiger partial charge in [-0.15, -0.1) is 0 Å². The molecule has 2 saturated carbocycles. The fraction of sp³-hybridized carbons (Fsp3) is 0.658. The average Bonchev–Trinajstić information content (AvgIpc) is 3.04. The second-order valence-electron chi connectivity index (χ2n) is 13.5. The molecule has 0 radical (unpaired) electrons. The van der Waals surface area contributed by atoms with Gasteiger partial charge in [0.25, 0.3) is 0 Å². The number of aryl methyl sites for hydroxylation is 1. The molecule has 7 nitrogen and oxygen atoms in total. The first-order chi connectivity index (χ1) is 21.6. The van der Waals surface area contributed by atoms with Gasteiger partial charge in [-0.25, -0.2) is 9.59 Å². The number of hydrogen-bond acceptors (Lipinski definition) is 7. The van der Waals surface area contributed by atoms with Gasteiger partial charge in [-0.3, -0.25) is 4.79 Å². The van der Waals surface area contributed by atoms with Crippen molar-refractivity contribution < 1.29 is 33.7 Å². The molecule has 2 unspecified atom stereocenters. The number of benzene rings is 1. The quantitative estimate of drug-likeness (QED) is 0.0813. The highest BCUT2D eigenvalue weighted by atomic mass is 16.5. The SMILES string of the molecule is C=C(C)C(=O)OCC(CCc1ccc(OC(=O)C2CCC(C3CCC(CCCCC)CC3)CC2)cc1)COC(=O)C(=C)C(C)O. The van der Waals surface area contributed by atoms with Gasteiger partial charge in [-0.05, 0) is 101 Å². The zero-order valence-corrected chi connectivity index (χ0v) is 27.9. The number of unbranched alkanes of at least 4 members (excludes halogenated alkanes) is 2. The molecule has 2 fully saturated rings. The van der Waals surface area contributed by atoms with E-state index in [-0.39, 0.29) is 36.6 Å². The maximum absolute atomic E-state index is 13.0. The summed E-state index contributed by atoms with van der Waals surface area (Å²) < 4.78 is 16.4. The Labute approximate surface area is 270 Å². The molecule has 0 spiro atoms. The van der Waals surface area contributed by atoms with Gasteiger partial charge in [-0.1, -0.05) is 70.7 Å². The molecule has 1 aromatic carbocycles. The Morgan fingerprint density at radius 3 is 2.00 bits per heavy atom. The fourth-order valence-electron chi connectivity index (χ4n) is 6.74. The van der Waals surface area contributed by atoms with Crippen LogP contribution < -0.4 is 4.74 Å². The van der Waals surface area contributed by atoms with Crippen LogP contribution in [0, 0.1) is 29.6 Å². The summed E-state index contributed by atoms with van der Waals surface area (Å²) >= 11 is 0. The Morgan fingerprint density at radius 2 is 1.44 bits per heavy atom. The van der Waals surface area contributed by atoms with E-state index in [0.717, 1.165) is 49.0 Å². The van der Waals surface area contributed by atoms with Crippen molar-refractivity contribution in [3.8, 4) is 5.75 Å². The minimum Gasteiger partial charge on any atom is -0.462 e. The zero-order chi connectivity index (χ0) is 32.8. The van der Waals surface area contributed by atoms with E-state index in [1.807, 2.05) is 24.3 Å². The van der Waals surface area contributed by atoms with E-state index < -0.39 is 18.0 Å². The minimum atomic E-state index is -1.01. The van der Waals surface area contributed by atoms with Crippen LogP contribution in [0.3, 0.4) is 0 Å². The maximum Gasteiger partial charge on any atom is 0.336 e. The molecule has 0 heterocycles. The summed E-state index contributed by atoms with van der Waals surface area (Å²) in [5, 5.41) is 9.58. The van der Waals surface area contributed by atoms with E-state index in [9.17, 15) is 19.5 Å². The second kappa shape index (κ2) is 18.9. The molecule has 3 rings (SSSR count). The third kappa shape index (κ3) is 12.4. The van der Waals surface area contributed by atoms with Gasteiger partial charge in [0.1, 0.15) is 5.75 Å². The van der Waals surface area contributed by atoms with Crippen LogP contribution in [0.2, 0.25) is 0 Å². The van der Waals surface area contributed by atoms with E-state index in [0.29, 0.717) is 24.2 Å². The van der Waals surface area contributed by atoms with Crippen LogP contribution in [0.5, 0.6) is 5.75 Å². The van der Waals surface area contributed by atoms with E-state index in [4.69, 9.17) is 14.2 Å². The molecule has 2 atom stereocenters. The first-order valence-corrected chi connectivity index (χ1v) is 17.2. The Hall–Kier alpha value is -2.93. The van der Waals surface area contributed by atoms with Crippen LogP contribution in [-0.2, 0) is 30.3 Å². The Morgan fingerprint density at radius 1 is 0.867 bits per heavy atom. The molecule has 250 valence electrons. The number of esters is 3. The largest absolute Gasteiger partial charge is 0.462 e. The first kappa shape index (κ1) is 36.5. The van der Waals surface area contributed by atoms with Gasteiger partial charge >= 0.3 is 17.9 Å². The van der Waals surface area contributed by atoms with Gasteiger partial charge < -0.3 is 19.3 Å². The van der Waals surface area contributed by atoms with Crippen molar-refractivity contribution in [3.63, 3.8) is 0 Å². The maximum atomic E-state index is 13.0. The highest BCUT2D eigenvalue weighted by Gasteiger charge is 2.33. The van der Waals surface area contributed by atoms with E-state index in [1.54, 1.807) is 6.92 Å². The smallest absolute Gasteiger partial charge is 0.336 e. The third-order valence-corrected chi connectivity index (χ3v) is 9.88. The van der Waals surface area contributed by atoms with Crippen molar-refractivity contribution >= 4 is 17.9 Å². The lowest BCUT2D eigenvalue weighted by atomic mass is 9.68. The minimum absolute atomic E-state index is 0.0201. The second-order valence-corrected chi connectivity index (χ2v) is 13.5. The lowest BCUT2D eigenvalue weighted by Crippen LogP contribution is -2.30. The number of carbonyl (C=O) groups excluding carboxylic acids is 3. The van der Waals surface area contributed by atoms with Gasteiger partial charge in [-0.2, -0.15) is 0 Å². The summed E-state index contributed by atoms with van der Waals surface area (Å²) in [6, 6.07) is 7.49. The van der Waals surface area contributed by atoms with E-state index in [1.165, 1.54) is 58.3 Å². The first-order valence-electron chi connectivity index (χ1n) is 17.2. The molecule has 0 aliphatic heterocycles. The van der Waals surface area contributed by atoms with Crippen molar-refractivity contribution in [2.75, 3.05) is 13.2 Å². The van der Waals surface area contributed by atoms with Crippen LogP contribution in [0.25, 0.3) is 0 Å². The highest BCUT2D eigenvalue weighted by Crippen LogP contribution is 2.42. The fourth-order valence-corrected chi connectivity index (χ4v) is 6.74. The topological polar surface area (TPSA) is 99.1 Å². The van der Waals surface area contributed by atoms with Gasteiger partial charge in [0, 0.05) is 11.5 Å². The molecular formula is C38H56O7. The molecule has 1 N–H and O–H groups in total. The number of rotatable bonds is 17. The zero-order valence-electron chi connectivity index (χ0n) is 27.9. The lowest BCUT2D eigenvalue weighted by molar-refractivity contribution is -0.145.